The number of thioether (sulfide) groups is 1. The summed E-state index contributed by atoms with van der Waals surface area (Å²) in [5.74, 6) is 5.79. The second kappa shape index (κ2) is 9.24. The number of carbonyl (C=O) groups is 2. The molecule has 184 valence electrons. The van der Waals surface area contributed by atoms with Gasteiger partial charge in [0.1, 0.15) is 10.5 Å². The number of nitrogens with zero attached hydrogens (tertiary/aromatic N) is 4. The van der Waals surface area contributed by atoms with Gasteiger partial charge in [0.2, 0.25) is 0 Å². The summed E-state index contributed by atoms with van der Waals surface area (Å²) in [6.07, 6.45) is 4.20. The summed E-state index contributed by atoms with van der Waals surface area (Å²) < 4.78 is 19.8. The molecule has 3 aliphatic heterocycles. The molecule has 2 aromatic rings. The van der Waals surface area contributed by atoms with Gasteiger partial charge in [-0.3, -0.25) is 4.90 Å². The third-order valence-electron chi connectivity index (χ3n) is 6.97. The molecular formula is C23H23ClFN5O4S. The van der Waals surface area contributed by atoms with Crippen LogP contribution in [0.4, 0.5) is 19.7 Å². The van der Waals surface area contributed by atoms with Gasteiger partial charge in [-0.15, -0.1) is 11.8 Å². The van der Waals surface area contributed by atoms with Crippen LogP contribution in [0.25, 0.3) is 10.9 Å². The predicted octanol–water partition coefficient (Wildman–Crippen LogP) is 3.89. The first-order chi connectivity index (χ1) is 16.8. The Labute approximate surface area is 210 Å². The number of methoxy groups -OCH3 is 1. The standard InChI is InChI=1S/C23H23ClFN5O4S/c1-34-23(33)29-7-3-4-12(29)5-6-13-18(27-17-11-8-15(17)30(10-11)22(31)32)14-9-26-20(24)16(25)19(14)28-21(13)35-2/h9,11-12,15,17H,3-4,7-8,10H2,1-2H3,(H,27,28)(H,31,32)/t11-,12-,15-,17+/m1/s1. The monoisotopic (exact) mass is 519 g/mol. The van der Waals surface area contributed by atoms with Crippen molar-refractivity contribution in [2.24, 2.45) is 5.92 Å². The van der Waals surface area contributed by atoms with Crippen molar-refractivity contribution in [1.82, 2.24) is 19.8 Å². The maximum Gasteiger partial charge on any atom is 0.410 e. The summed E-state index contributed by atoms with van der Waals surface area (Å²) in [4.78, 5) is 35.2. The van der Waals surface area contributed by atoms with Crippen molar-refractivity contribution in [1.29, 1.82) is 0 Å². The van der Waals surface area contributed by atoms with Gasteiger partial charge in [0.05, 0.1) is 36.5 Å². The summed E-state index contributed by atoms with van der Waals surface area (Å²) in [6.45, 7) is 1.01. The molecule has 4 atom stereocenters. The SMILES string of the molecule is COC(=O)N1CCC[C@@H]1C#Cc1c(SC)nc2c(F)c(Cl)ncc2c1N[C@H]1[C@@H]2C[C@H]1N(C(=O)O)C2. The molecule has 4 aliphatic rings. The normalized spacial score (nSPS) is 24.7. The Morgan fingerprint density at radius 1 is 1.40 bits per heavy atom. The van der Waals surface area contributed by atoms with Crippen molar-refractivity contribution in [3.63, 3.8) is 0 Å². The molecule has 4 fully saturated rings. The van der Waals surface area contributed by atoms with Gasteiger partial charge in [0, 0.05) is 30.6 Å². The number of hydrogen-bond acceptors (Lipinski definition) is 7. The molecule has 12 heteroatoms. The van der Waals surface area contributed by atoms with Gasteiger partial charge in [-0.25, -0.2) is 23.9 Å². The number of hydrogen-bond donors (Lipinski definition) is 2. The molecule has 5 heterocycles. The van der Waals surface area contributed by atoms with Gasteiger partial charge in [0.15, 0.2) is 11.0 Å². The first-order valence-electron chi connectivity index (χ1n) is 11.2. The number of carboxylic acid groups (broad SMARTS) is 1. The van der Waals surface area contributed by atoms with E-state index in [1.165, 1.54) is 30.0 Å². The second-order valence-corrected chi connectivity index (χ2v) is 9.91. The minimum atomic E-state index is -0.949. The van der Waals surface area contributed by atoms with Crippen LogP contribution in [0.3, 0.4) is 0 Å². The highest BCUT2D eigenvalue weighted by atomic mass is 35.5. The maximum absolute atomic E-state index is 14.9. The van der Waals surface area contributed by atoms with E-state index in [2.05, 4.69) is 27.1 Å². The largest absolute Gasteiger partial charge is 0.465 e. The van der Waals surface area contributed by atoms with E-state index in [1.54, 1.807) is 4.90 Å². The van der Waals surface area contributed by atoms with E-state index in [-0.39, 0.29) is 34.7 Å². The highest BCUT2D eigenvalue weighted by molar-refractivity contribution is 7.98. The zero-order chi connectivity index (χ0) is 24.9. The minimum Gasteiger partial charge on any atom is -0.465 e. The molecule has 2 bridgehead atoms. The number of amides is 2. The molecule has 35 heavy (non-hydrogen) atoms. The molecular weight excluding hydrogens is 497 g/mol. The number of aromatic nitrogens is 2. The molecule has 9 nitrogen and oxygen atoms in total. The van der Waals surface area contributed by atoms with Crippen LogP contribution in [0.15, 0.2) is 11.2 Å². The van der Waals surface area contributed by atoms with Crippen LogP contribution in [0, 0.1) is 23.6 Å². The van der Waals surface area contributed by atoms with E-state index >= 15 is 0 Å². The van der Waals surface area contributed by atoms with E-state index in [1.807, 2.05) is 6.26 Å². The van der Waals surface area contributed by atoms with Crippen LogP contribution >= 0.6 is 23.4 Å². The molecule has 1 saturated carbocycles. The number of halogens is 2. The number of fused-ring (bicyclic) bond motifs is 2. The van der Waals surface area contributed by atoms with E-state index in [0.29, 0.717) is 41.2 Å². The lowest BCUT2D eigenvalue weighted by atomic mass is 9.79. The topological polar surface area (TPSA) is 108 Å². The smallest absolute Gasteiger partial charge is 0.410 e. The van der Waals surface area contributed by atoms with Crippen LogP contribution < -0.4 is 5.32 Å². The zero-order valence-corrected chi connectivity index (χ0v) is 20.6. The third-order valence-corrected chi connectivity index (χ3v) is 7.92. The number of carbonyl (C=O) groups excluding carboxylic acids is 1. The fourth-order valence-corrected chi connectivity index (χ4v) is 5.87. The van der Waals surface area contributed by atoms with Crippen LogP contribution in [-0.4, -0.2) is 81.6 Å². The highest BCUT2D eigenvalue weighted by Crippen LogP contribution is 2.45. The number of nitrogens with one attached hydrogen (secondary N) is 1. The Morgan fingerprint density at radius 3 is 2.89 bits per heavy atom. The molecule has 2 N–H and O–H groups in total. The summed E-state index contributed by atoms with van der Waals surface area (Å²) >= 11 is 7.25. The lowest BCUT2D eigenvalue weighted by molar-refractivity contribution is 0.126. The first-order valence-corrected chi connectivity index (χ1v) is 12.8. The van der Waals surface area contributed by atoms with E-state index in [4.69, 9.17) is 16.3 Å². The van der Waals surface area contributed by atoms with Gasteiger partial charge in [0.25, 0.3) is 0 Å². The molecule has 0 unspecified atom stereocenters. The molecule has 1 aliphatic carbocycles. The van der Waals surface area contributed by atoms with Gasteiger partial charge >= 0.3 is 12.2 Å². The fraction of sp³-hybridized carbons (Fsp3) is 0.478. The highest BCUT2D eigenvalue weighted by Gasteiger charge is 2.54. The van der Waals surface area contributed by atoms with E-state index in [9.17, 15) is 19.1 Å². The fourth-order valence-electron chi connectivity index (χ4n) is 5.19. The maximum atomic E-state index is 14.9. The summed E-state index contributed by atoms with van der Waals surface area (Å²) in [5.41, 5.74) is 1.17. The Morgan fingerprint density at radius 2 is 2.20 bits per heavy atom. The van der Waals surface area contributed by atoms with Crippen molar-refractivity contribution in [2.75, 3.05) is 31.8 Å². The quantitative estimate of drug-likeness (QED) is 0.357. The van der Waals surface area contributed by atoms with Gasteiger partial charge in [-0.2, -0.15) is 0 Å². The second-order valence-electron chi connectivity index (χ2n) is 8.76. The number of rotatable bonds is 3. The van der Waals surface area contributed by atoms with Crippen LogP contribution in [-0.2, 0) is 4.74 Å². The van der Waals surface area contributed by atoms with Crippen molar-refractivity contribution >= 4 is 52.1 Å². The Balaban J connectivity index is 1.60. The molecule has 2 amide bonds. The third kappa shape index (κ3) is 3.98. The summed E-state index contributed by atoms with van der Waals surface area (Å²) in [7, 11) is 1.34. The lowest BCUT2D eigenvalue weighted by Crippen LogP contribution is -2.49. The molecule has 0 radical (unpaired) electrons. The lowest BCUT2D eigenvalue weighted by Gasteiger charge is -2.37. The average Bonchev–Trinajstić information content (AvgIpc) is 3.58. The van der Waals surface area contributed by atoms with Gasteiger partial charge in [-0.1, -0.05) is 23.4 Å². The first kappa shape index (κ1) is 23.8. The molecule has 2 aromatic heterocycles. The Kier molecular flexibility index (Phi) is 6.27. The van der Waals surface area contributed by atoms with Crippen LogP contribution in [0.5, 0.6) is 0 Å². The van der Waals surface area contributed by atoms with Crippen LogP contribution in [0.2, 0.25) is 5.15 Å². The summed E-state index contributed by atoms with van der Waals surface area (Å²) in [6, 6.07) is -0.624. The molecule has 0 aromatic carbocycles. The molecule has 6 rings (SSSR count). The van der Waals surface area contributed by atoms with Crippen LogP contribution in [0.1, 0.15) is 24.8 Å². The number of pyridine rings is 2. The molecule has 3 saturated heterocycles. The number of likely N-dealkylation sites (tertiary alicyclic amines) is 1. The van der Waals surface area contributed by atoms with E-state index < -0.39 is 18.0 Å². The van der Waals surface area contributed by atoms with Gasteiger partial charge < -0.3 is 20.1 Å². The van der Waals surface area contributed by atoms with Crippen molar-refractivity contribution in [2.45, 2.75) is 42.4 Å². The van der Waals surface area contributed by atoms with Crippen molar-refractivity contribution in [3.05, 3.63) is 22.7 Å². The van der Waals surface area contributed by atoms with Crippen molar-refractivity contribution < 1.29 is 23.8 Å². The Hall–Kier alpha value is -2.97. The van der Waals surface area contributed by atoms with E-state index in [0.717, 1.165) is 12.8 Å². The van der Waals surface area contributed by atoms with Gasteiger partial charge in [-0.05, 0) is 25.5 Å². The predicted molar refractivity (Wildman–Crippen MR) is 129 cm³/mol. The average molecular weight is 520 g/mol. The number of ether oxygens (including phenoxy) is 1. The minimum absolute atomic E-state index is 0.0706. The zero-order valence-electron chi connectivity index (χ0n) is 19.0. The summed E-state index contributed by atoms with van der Waals surface area (Å²) in [5, 5.41) is 13.6. The number of anilines is 1. The molecule has 0 spiro atoms. The Bertz CT molecular complexity index is 1280. The van der Waals surface area contributed by atoms with Crippen molar-refractivity contribution in [3.8, 4) is 11.8 Å².